The molecule has 1 unspecified atom stereocenters. The van der Waals surface area contributed by atoms with E-state index in [1.807, 2.05) is 37.3 Å². The molecule has 0 radical (unpaired) electrons. The van der Waals surface area contributed by atoms with Crippen molar-refractivity contribution in [3.05, 3.63) is 65.2 Å². The zero-order chi connectivity index (χ0) is 21.5. The van der Waals surface area contributed by atoms with Gasteiger partial charge in [-0.1, -0.05) is 75.0 Å². The third kappa shape index (κ3) is 4.44. The fraction of sp³-hybridized carbons (Fsp3) is 0.500. The highest BCUT2D eigenvalue weighted by atomic mass is 32.2. The Morgan fingerprint density at radius 3 is 2.40 bits per heavy atom. The summed E-state index contributed by atoms with van der Waals surface area (Å²) in [5.74, 6) is 0. The number of aliphatic hydroxyl groups is 2. The van der Waals surface area contributed by atoms with Crippen LogP contribution in [0.2, 0.25) is 0 Å². The van der Waals surface area contributed by atoms with Gasteiger partial charge in [0, 0.05) is 10.5 Å². The van der Waals surface area contributed by atoms with Crippen molar-refractivity contribution in [1.29, 1.82) is 0 Å². The van der Waals surface area contributed by atoms with Gasteiger partial charge >= 0.3 is 0 Å². The maximum atomic E-state index is 10.8. The van der Waals surface area contributed by atoms with E-state index in [1.54, 1.807) is 0 Å². The monoisotopic (exact) mass is 430 g/mol. The van der Waals surface area contributed by atoms with Gasteiger partial charge < -0.3 is 24.4 Å². The number of fused-ring (bicyclic) bond motifs is 1. The van der Waals surface area contributed by atoms with Gasteiger partial charge in [0.25, 0.3) is 0 Å². The summed E-state index contributed by atoms with van der Waals surface area (Å²) in [6.07, 6.45) is -3.77. The van der Waals surface area contributed by atoms with Gasteiger partial charge in [0.05, 0.1) is 6.61 Å². The normalized spacial score (nSPS) is 31.9. The molecule has 2 heterocycles. The Morgan fingerprint density at radius 2 is 1.70 bits per heavy atom. The van der Waals surface area contributed by atoms with Crippen molar-refractivity contribution in [2.45, 2.75) is 74.1 Å². The molecule has 0 bridgehead atoms. The van der Waals surface area contributed by atoms with Crippen molar-refractivity contribution in [2.24, 2.45) is 0 Å². The van der Waals surface area contributed by atoms with Crippen molar-refractivity contribution >= 4 is 11.8 Å². The van der Waals surface area contributed by atoms with Crippen LogP contribution < -0.4 is 0 Å². The Kier molecular flexibility index (Phi) is 6.26. The molecule has 6 atom stereocenters. The van der Waals surface area contributed by atoms with Gasteiger partial charge in [0.15, 0.2) is 6.29 Å². The molecule has 4 rings (SSSR count). The van der Waals surface area contributed by atoms with Crippen molar-refractivity contribution in [3.63, 3.8) is 0 Å². The first kappa shape index (κ1) is 21.8. The van der Waals surface area contributed by atoms with Gasteiger partial charge in [-0.3, -0.25) is 0 Å². The van der Waals surface area contributed by atoms with E-state index >= 15 is 0 Å². The molecule has 30 heavy (non-hydrogen) atoms. The van der Waals surface area contributed by atoms with Crippen LogP contribution in [0.3, 0.4) is 0 Å². The van der Waals surface area contributed by atoms with Crippen LogP contribution in [-0.2, 0) is 19.6 Å². The van der Waals surface area contributed by atoms with Crippen molar-refractivity contribution in [1.82, 2.24) is 0 Å². The first-order chi connectivity index (χ1) is 14.2. The van der Waals surface area contributed by atoms with E-state index < -0.39 is 36.1 Å². The highest BCUT2D eigenvalue weighted by Gasteiger charge is 2.49. The summed E-state index contributed by atoms with van der Waals surface area (Å²) in [6.45, 7) is 8.86. The largest absolute Gasteiger partial charge is 0.387 e. The Hall–Kier alpha value is -1.41. The molecule has 2 aliphatic heterocycles. The molecule has 2 aromatic rings. The van der Waals surface area contributed by atoms with Crippen LogP contribution >= 0.6 is 11.8 Å². The molecule has 2 fully saturated rings. The lowest BCUT2D eigenvalue weighted by Gasteiger charge is -2.46. The minimum atomic E-state index is -1.07. The minimum Gasteiger partial charge on any atom is -0.387 e. The Balaban J connectivity index is 1.49. The summed E-state index contributed by atoms with van der Waals surface area (Å²) in [5.41, 5.74) is 2.63. The number of rotatable bonds is 3. The van der Waals surface area contributed by atoms with Gasteiger partial charge in [-0.2, -0.15) is 0 Å². The maximum absolute atomic E-state index is 10.8. The predicted octanol–water partition coefficient (Wildman–Crippen LogP) is 3.95. The molecule has 0 aromatic heterocycles. The molecule has 6 heteroatoms. The van der Waals surface area contributed by atoms with Gasteiger partial charge in [0.1, 0.15) is 29.9 Å². The lowest BCUT2D eigenvalue weighted by Crippen LogP contribution is -2.60. The smallest absolute Gasteiger partial charge is 0.184 e. The number of hydrogen-bond acceptors (Lipinski definition) is 6. The lowest BCUT2D eigenvalue weighted by molar-refractivity contribution is -0.318. The van der Waals surface area contributed by atoms with Crippen molar-refractivity contribution < 1.29 is 24.4 Å². The topological polar surface area (TPSA) is 68.2 Å². The van der Waals surface area contributed by atoms with E-state index in [-0.39, 0.29) is 5.41 Å². The number of aryl methyl sites for hydroxylation is 1. The van der Waals surface area contributed by atoms with Crippen LogP contribution in [-0.4, -0.2) is 46.7 Å². The summed E-state index contributed by atoms with van der Waals surface area (Å²) in [5, 5.41) is 21.6. The Bertz CT molecular complexity index is 864. The molecule has 2 saturated heterocycles. The maximum Gasteiger partial charge on any atom is 0.184 e. The third-order valence-electron chi connectivity index (χ3n) is 5.70. The molecule has 2 aliphatic rings. The third-order valence-corrected chi connectivity index (χ3v) is 7.02. The first-order valence-corrected chi connectivity index (χ1v) is 11.2. The fourth-order valence-electron chi connectivity index (χ4n) is 3.77. The second-order valence-electron chi connectivity index (χ2n) is 9.05. The molecule has 2 aromatic carbocycles. The highest BCUT2D eigenvalue weighted by Crippen LogP contribution is 2.40. The van der Waals surface area contributed by atoms with E-state index in [2.05, 4.69) is 39.0 Å². The molecule has 0 spiro atoms. The second kappa shape index (κ2) is 8.61. The standard InChI is InChI=1S/C24H30O5S/c1-14-10-11-16(24(2,3)4)12-18(14)30-23-20(26)19(25)21-17(28-23)13-27-22(29-21)15-8-6-5-7-9-15/h5-12,17,19-23,25-26H,13H2,1-4H3/t17-,19-,20-,21-,22?,23+/m1/s1. The average Bonchev–Trinajstić information content (AvgIpc) is 2.73. The molecule has 2 N–H and O–H groups in total. The quantitative estimate of drug-likeness (QED) is 0.769. The van der Waals surface area contributed by atoms with Crippen LogP contribution in [0.15, 0.2) is 53.4 Å². The average molecular weight is 431 g/mol. The SMILES string of the molecule is Cc1ccc(C(C)(C)C)cc1S[C@@H]1O[C@@H]2COC(c3ccccc3)O[C@H]2[C@H](O)[C@H]1O. The molecular formula is C24H30O5S. The summed E-state index contributed by atoms with van der Waals surface area (Å²) in [7, 11) is 0. The minimum absolute atomic E-state index is 0.0250. The highest BCUT2D eigenvalue weighted by molar-refractivity contribution is 7.99. The van der Waals surface area contributed by atoms with Crippen LogP contribution in [0.4, 0.5) is 0 Å². The van der Waals surface area contributed by atoms with Crippen LogP contribution in [0, 0.1) is 6.92 Å². The lowest BCUT2D eigenvalue weighted by atomic mass is 9.87. The summed E-state index contributed by atoms with van der Waals surface area (Å²) in [6, 6.07) is 16.0. The number of thioether (sulfide) groups is 1. The van der Waals surface area contributed by atoms with Crippen LogP contribution in [0.5, 0.6) is 0 Å². The van der Waals surface area contributed by atoms with Crippen LogP contribution in [0.1, 0.15) is 43.8 Å². The summed E-state index contributed by atoms with van der Waals surface area (Å²) < 4.78 is 18.0. The number of ether oxygens (including phenoxy) is 3. The molecule has 5 nitrogen and oxygen atoms in total. The summed E-state index contributed by atoms with van der Waals surface area (Å²) in [4.78, 5) is 1.04. The zero-order valence-corrected chi connectivity index (χ0v) is 18.6. The van der Waals surface area contributed by atoms with Gasteiger partial charge in [-0.25, -0.2) is 0 Å². The van der Waals surface area contributed by atoms with E-state index in [4.69, 9.17) is 14.2 Å². The Morgan fingerprint density at radius 1 is 0.967 bits per heavy atom. The summed E-state index contributed by atoms with van der Waals surface area (Å²) >= 11 is 1.44. The van der Waals surface area contributed by atoms with Crippen molar-refractivity contribution in [3.8, 4) is 0 Å². The predicted molar refractivity (Wildman–Crippen MR) is 116 cm³/mol. The van der Waals surface area contributed by atoms with Gasteiger partial charge in [-0.15, -0.1) is 0 Å². The van der Waals surface area contributed by atoms with Gasteiger partial charge in [-0.05, 0) is 29.5 Å². The van der Waals surface area contributed by atoms with E-state index in [0.29, 0.717) is 6.61 Å². The van der Waals surface area contributed by atoms with E-state index in [1.165, 1.54) is 17.3 Å². The fourth-order valence-corrected chi connectivity index (χ4v) is 4.97. The Labute approximate surface area is 182 Å². The molecule has 0 aliphatic carbocycles. The molecule has 0 saturated carbocycles. The zero-order valence-electron chi connectivity index (χ0n) is 17.8. The molecule has 0 amide bonds. The number of hydrogen-bond donors (Lipinski definition) is 2. The first-order valence-electron chi connectivity index (χ1n) is 10.4. The molecule has 162 valence electrons. The van der Waals surface area contributed by atoms with E-state index in [9.17, 15) is 10.2 Å². The van der Waals surface area contributed by atoms with Crippen molar-refractivity contribution in [2.75, 3.05) is 6.61 Å². The van der Waals surface area contributed by atoms with E-state index in [0.717, 1.165) is 16.0 Å². The number of benzene rings is 2. The molecular weight excluding hydrogens is 400 g/mol. The number of aliphatic hydroxyl groups excluding tert-OH is 2. The van der Waals surface area contributed by atoms with Gasteiger partial charge in [0.2, 0.25) is 0 Å². The van der Waals surface area contributed by atoms with Crippen LogP contribution in [0.25, 0.3) is 0 Å². The second-order valence-corrected chi connectivity index (χ2v) is 10.2.